The summed E-state index contributed by atoms with van der Waals surface area (Å²) in [6.45, 7) is 1.85. The van der Waals surface area contributed by atoms with Gasteiger partial charge in [0.05, 0.1) is 6.20 Å². The van der Waals surface area contributed by atoms with Gasteiger partial charge < -0.3 is 0 Å². The summed E-state index contributed by atoms with van der Waals surface area (Å²) in [6.07, 6.45) is 2.75. The third kappa shape index (κ3) is 2.93. The fourth-order valence-corrected chi connectivity index (χ4v) is 3.44. The van der Waals surface area contributed by atoms with Crippen molar-refractivity contribution in [3.63, 3.8) is 0 Å². The normalized spacial score (nSPS) is 11.4. The van der Waals surface area contributed by atoms with Gasteiger partial charge in [-0.05, 0) is 24.6 Å². The van der Waals surface area contributed by atoms with E-state index in [-0.39, 0.29) is 14.5 Å². The topological polar surface area (TPSA) is 72.0 Å². The van der Waals surface area contributed by atoms with E-state index in [4.69, 9.17) is 11.6 Å². The lowest BCUT2D eigenvalue weighted by molar-refractivity contribution is 0.603. The van der Waals surface area contributed by atoms with Crippen LogP contribution in [0.3, 0.4) is 0 Å². The molecule has 2 aromatic rings. The molecule has 8 heteroatoms. The van der Waals surface area contributed by atoms with Gasteiger partial charge in [0, 0.05) is 6.20 Å². The van der Waals surface area contributed by atoms with Crippen LogP contribution >= 0.6 is 22.9 Å². The van der Waals surface area contributed by atoms with Gasteiger partial charge in [0.15, 0.2) is 8.68 Å². The van der Waals surface area contributed by atoms with Gasteiger partial charge in [-0.25, -0.2) is 18.4 Å². The summed E-state index contributed by atoms with van der Waals surface area (Å²) in [4.78, 5) is 7.60. The highest BCUT2D eigenvalue weighted by atomic mass is 35.5. The highest BCUT2D eigenvalue weighted by Crippen LogP contribution is 2.24. The first-order valence-corrected chi connectivity index (χ1v) is 7.22. The molecular formula is C9H8ClN3O2S2. The lowest BCUT2D eigenvalue weighted by Crippen LogP contribution is -2.12. The van der Waals surface area contributed by atoms with Crippen LogP contribution in [0.5, 0.6) is 0 Å². The van der Waals surface area contributed by atoms with Crippen molar-refractivity contribution in [1.29, 1.82) is 0 Å². The number of pyridine rings is 1. The minimum Gasteiger partial charge on any atom is -0.263 e. The number of rotatable bonds is 3. The molecule has 0 radical (unpaired) electrons. The molecule has 0 saturated carbocycles. The molecule has 1 N–H and O–H groups in total. The number of nitrogens with zero attached hydrogens (tertiary/aromatic N) is 2. The van der Waals surface area contributed by atoms with Crippen molar-refractivity contribution >= 4 is 38.8 Å². The van der Waals surface area contributed by atoms with Crippen LogP contribution in [0, 0.1) is 6.92 Å². The molecule has 2 rings (SSSR count). The van der Waals surface area contributed by atoms with Crippen LogP contribution in [0.15, 0.2) is 28.7 Å². The Morgan fingerprint density at radius 3 is 2.76 bits per heavy atom. The maximum Gasteiger partial charge on any atom is 0.274 e. The highest BCUT2D eigenvalue weighted by Gasteiger charge is 2.18. The van der Waals surface area contributed by atoms with Gasteiger partial charge in [0.1, 0.15) is 5.82 Å². The van der Waals surface area contributed by atoms with Crippen LogP contribution in [0.1, 0.15) is 5.56 Å². The number of sulfonamides is 1. The second kappa shape index (κ2) is 4.59. The Balaban J connectivity index is 2.29. The summed E-state index contributed by atoms with van der Waals surface area (Å²) in [5.41, 5.74) is 0.917. The molecule has 0 aliphatic heterocycles. The van der Waals surface area contributed by atoms with Crippen molar-refractivity contribution < 1.29 is 8.42 Å². The van der Waals surface area contributed by atoms with E-state index in [1.54, 1.807) is 12.1 Å². The zero-order valence-corrected chi connectivity index (χ0v) is 11.1. The summed E-state index contributed by atoms with van der Waals surface area (Å²) in [5, 5.41) is 0. The molecular weight excluding hydrogens is 282 g/mol. The largest absolute Gasteiger partial charge is 0.274 e. The average molecular weight is 290 g/mol. The molecule has 0 fully saturated rings. The maximum atomic E-state index is 11.9. The molecule has 90 valence electrons. The number of thiazole rings is 1. The van der Waals surface area contributed by atoms with Gasteiger partial charge in [-0.3, -0.25) is 4.72 Å². The lowest BCUT2D eigenvalue weighted by Gasteiger charge is -2.04. The number of aromatic nitrogens is 2. The number of halogens is 1. The number of hydrogen-bond donors (Lipinski definition) is 1. The molecule has 0 atom stereocenters. The van der Waals surface area contributed by atoms with Gasteiger partial charge in [0.25, 0.3) is 10.0 Å². The van der Waals surface area contributed by atoms with Gasteiger partial charge in [0.2, 0.25) is 0 Å². The Kier molecular flexibility index (Phi) is 3.32. The highest BCUT2D eigenvalue weighted by molar-refractivity contribution is 7.94. The van der Waals surface area contributed by atoms with Crippen LogP contribution in [0.2, 0.25) is 4.47 Å². The fourth-order valence-electron chi connectivity index (χ4n) is 1.14. The number of hydrogen-bond acceptors (Lipinski definition) is 5. The Morgan fingerprint density at radius 2 is 2.18 bits per heavy atom. The fraction of sp³-hybridized carbons (Fsp3) is 0.111. The zero-order chi connectivity index (χ0) is 12.5. The average Bonchev–Trinajstić information content (AvgIpc) is 2.65. The van der Waals surface area contributed by atoms with Crippen LogP contribution in [0.4, 0.5) is 5.82 Å². The summed E-state index contributed by atoms with van der Waals surface area (Å²) in [7, 11) is -3.65. The Hall–Kier alpha value is -1.18. The van der Waals surface area contributed by atoms with Gasteiger partial charge in [-0.15, -0.1) is 0 Å². The van der Waals surface area contributed by atoms with Crippen LogP contribution in [0.25, 0.3) is 0 Å². The molecule has 0 spiro atoms. The summed E-state index contributed by atoms with van der Waals surface area (Å²) >= 11 is 6.49. The van der Waals surface area contributed by atoms with Crippen molar-refractivity contribution in [3.05, 3.63) is 34.6 Å². The molecule has 2 heterocycles. The minimum absolute atomic E-state index is 0.0609. The first-order chi connectivity index (χ1) is 7.97. The third-order valence-corrected chi connectivity index (χ3v) is 4.81. The molecule has 0 aromatic carbocycles. The van der Waals surface area contributed by atoms with Gasteiger partial charge in [-0.1, -0.05) is 22.9 Å². The predicted molar refractivity (Wildman–Crippen MR) is 66.9 cm³/mol. The summed E-state index contributed by atoms with van der Waals surface area (Å²) in [5.74, 6) is 0.273. The molecule has 0 bridgehead atoms. The SMILES string of the molecule is Cc1ccnc(NS(=O)(=O)c2cnc(Cl)s2)c1. The Morgan fingerprint density at radius 1 is 1.41 bits per heavy atom. The lowest BCUT2D eigenvalue weighted by atomic mass is 10.3. The van der Waals surface area contributed by atoms with Crippen molar-refractivity contribution in [3.8, 4) is 0 Å². The molecule has 0 saturated heterocycles. The minimum atomic E-state index is -3.65. The molecule has 5 nitrogen and oxygen atoms in total. The molecule has 0 aliphatic rings. The van der Waals surface area contributed by atoms with E-state index >= 15 is 0 Å². The van der Waals surface area contributed by atoms with Crippen LogP contribution < -0.4 is 4.72 Å². The second-order valence-electron chi connectivity index (χ2n) is 3.26. The standard InChI is InChI=1S/C9H8ClN3O2S2/c1-6-2-3-11-7(4-6)13-17(14,15)8-5-12-9(10)16-8/h2-5H,1H3,(H,11,13). The molecule has 0 amide bonds. The Labute approximate surface area is 108 Å². The first-order valence-electron chi connectivity index (χ1n) is 4.54. The Bertz CT molecular complexity index is 639. The molecule has 0 aliphatic carbocycles. The monoisotopic (exact) mass is 289 g/mol. The van der Waals surface area contributed by atoms with E-state index in [0.29, 0.717) is 0 Å². The molecule has 17 heavy (non-hydrogen) atoms. The van der Waals surface area contributed by atoms with E-state index in [0.717, 1.165) is 16.9 Å². The van der Waals surface area contributed by atoms with Crippen molar-refractivity contribution in [2.24, 2.45) is 0 Å². The molecule has 0 unspecified atom stereocenters. The van der Waals surface area contributed by atoms with Crippen molar-refractivity contribution in [2.45, 2.75) is 11.1 Å². The first kappa shape index (κ1) is 12.3. The van der Waals surface area contributed by atoms with Crippen LogP contribution in [-0.2, 0) is 10.0 Å². The van der Waals surface area contributed by atoms with E-state index in [1.165, 1.54) is 12.4 Å². The number of nitrogens with one attached hydrogen (secondary N) is 1. The van der Waals surface area contributed by atoms with Gasteiger partial charge >= 0.3 is 0 Å². The summed E-state index contributed by atoms with van der Waals surface area (Å²) < 4.78 is 26.4. The van der Waals surface area contributed by atoms with E-state index in [1.807, 2.05) is 6.92 Å². The van der Waals surface area contributed by atoms with Crippen molar-refractivity contribution in [1.82, 2.24) is 9.97 Å². The van der Waals surface area contributed by atoms with E-state index in [2.05, 4.69) is 14.7 Å². The second-order valence-corrected chi connectivity index (χ2v) is 6.78. The maximum absolute atomic E-state index is 11.9. The smallest absolute Gasteiger partial charge is 0.263 e. The quantitative estimate of drug-likeness (QED) is 0.941. The number of anilines is 1. The van der Waals surface area contributed by atoms with Gasteiger partial charge in [-0.2, -0.15) is 0 Å². The summed E-state index contributed by atoms with van der Waals surface area (Å²) in [6, 6.07) is 3.42. The van der Waals surface area contributed by atoms with Crippen molar-refractivity contribution in [2.75, 3.05) is 4.72 Å². The van der Waals surface area contributed by atoms with E-state index in [9.17, 15) is 8.42 Å². The number of aryl methyl sites for hydroxylation is 1. The van der Waals surface area contributed by atoms with Crippen LogP contribution in [-0.4, -0.2) is 18.4 Å². The van der Waals surface area contributed by atoms with E-state index < -0.39 is 10.0 Å². The molecule has 2 aromatic heterocycles. The predicted octanol–water partition coefficient (Wildman–Crippen LogP) is 2.30. The zero-order valence-electron chi connectivity index (χ0n) is 8.71. The third-order valence-electron chi connectivity index (χ3n) is 1.88.